The quantitative estimate of drug-likeness (QED) is 0.498. The molecule has 0 amide bonds. The fourth-order valence-corrected chi connectivity index (χ4v) is 2.29. The van der Waals surface area contributed by atoms with Gasteiger partial charge in [0.2, 0.25) is 5.79 Å². The predicted octanol–water partition coefficient (Wildman–Crippen LogP) is -0.857. The minimum Gasteiger partial charge on any atom is -0.454 e. The summed E-state index contributed by atoms with van der Waals surface area (Å²) in [5.74, 6) is -1.57. The zero-order valence-corrected chi connectivity index (χ0v) is 11.6. The molecule has 7 heteroatoms. The molecule has 0 bridgehead atoms. The number of ether oxygens (including phenoxy) is 2. The molecule has 0 aromatic rings. The predicted molar refractivity (Wildman–Crippen MR) is 68.9 cm³/mol. The van der Waals surface area contributed by atoms with E-state index in [1.807, 2.05) is 0 Å². The molecule has 5 N–H and O–H groups in total. The summed E-state index contributed by atoms with van der Waals surface area (Å²) < 4.78 is 11.1. The topological polar surface area (TPSA) is 105 Å². The molecule has 1 aliphatic heterocycles. The molecule has 0 aliphatic carbocycles. The molecule has 1 unspecified atom stereocenters. The maximum atomic E-state index is 9.96. The van der Waals surface area contributed by atoms with E-state index in [2.05, 4.69) is 0 Å². The zero-order chi connectivity index (χ0) is 14.1. The summed E-state index contributed by atoms with van der Waals surface area (Å²) in [4.78, 5) is 0. The first kappa shape index (κ1) is 15.7. The van der Waals surface area contributed by atoms with Crippen molar-refractivity contribution in [2.45, 2.75) is 50.9 Å². The summed E-state index contributed by atoms with van der Waals surface area (Å²) in [6, 6.07) is -0.965. The smallest absolute Gasteiger partial charge is 0.231 e. The number of nitrogens with two attached hydrogens (primary N) is 1. The van der Waals surface area contributed by atoms with Gasteiger partial charge in [-0.15, -0.1) is 0 Å². The molecule has 1 fully saturated rings. The summed E-state index contributed by atoms with van der Waals surface area (Å²) in [5, 5.41) is 29.1. The van der Waals surface area contributed by atoms with Crippen molar-refractivity contribution in [3.05, 3.63) is 0 Å². The van der Waals surface area contributed by atoms with Gasteiger partial charge in [-0.05, 0) is 12.2 Å². The molecule has 1 aliphatic rings. The molecular formula is C11H21NO5S. The van der Waals surface area contributed by atoms with Crippen LogP contribution in [0.25, 0.3) is 0 Å². The third-order valence-electron chi connectivity index (χ3n) is 3.19. The lowest BCUT2D eigenvalue weighted by Crippen LogP contribution is -2.71. The molecule has 5 atom stereocenters. The minimum absolute atomic E-state index is 0.221. The Morgan fingerprint density at radius 1 is 1.44 bits per heavy atom. The van der Waals surface area contributed by atoms with Crippen LogP contribution in [0.15, 0.2) is 0 Å². The van der Waals surface area contributed by atoms with Crippen LogP contribution in [0.4, 0.5) is 0 Å². The zero-order valence-electron chi connectivity index (χ0n) is 10.7. The molecule has 106 valence electrons. The van der Waals surface area contributed by atoms with Crippen molar-refractivity contribution < 1.29 is 24.8 Å². The maximum Gasteiger partial charge on any atom is 0.231 e. The number of hydrogen-bond acceptors (Lipinski definition) is 7. The minimum atomic E-state index is -1.35. The van der Waals surface area contributed by atoms with E-state index in [1.54, 1.807) is 20.8 Å². The van der Waals surface area contributed by atoms with E-state index < -0.39 is 36.7 Å². The van der Waals surface area contributed by atoms with Gasteiger partial charge in [0.15, 0.2) is 5.05 Å². The average Bonchev–Trinajstić information content (AvgIpc) is 2.29. The molecule has 6 nitrogen and oxygen atoms in total. The average molecular weight is 279 g/mol. The van der Waals surface area contributed by atoms with Crippen LogP contribution in [0.3, 0.4) is 0 Å². The van der Waals surface area contributed by atoms with Crippen molar-refractivity contribution in [3.8, 4) is 0 Å². The molecule has 1 saturated heterocycles. The van der Waals surface area contributed by atoms with Gasteiger partial charge in [-0.1, -0.05) is 13.8 Å². The molecule has 0 saturated carbocycles. The van der Waals surface area contributed by atoms with Crippen molar-refractivity contribution in [3.63, 3.8) is 0 Å². The van der Waals surface area contributed by atoms with Gasteiger partial charge in [-0.25, -0.2) is 0 Å². The Bertz CT molecular complexity index is 312. The van der Waals surface area contributed by atoms with Crippen molar-refractivity contribution in [2.75, 3.05) is 6.61 Å². The summed E-state index contributed by atoms with van der Waals surface area (Å²) >= 11 is 4.90. The lowest BCUT2D eigenvalue weighted by atomic mass is 9.84. The highest BCUT2D eigenvalue weighted by molar-refractivity contribution is 7.80. The second kappa shape index (κ2) is 5.77. The first-order valence-corrected chi connectivity index (χ1v) is 6.27. The van der Waals surface area contributed by atoms with E-state index in [1.165, 1.54) is 0 Å². The number of aliphatic hydroxyl groups excluding tert-OH is 3. The number of rotatable bonds is 3. The molecule has 0 radical (unpaired) electrons. The van der Waals surface area contributed by atoms with Crippen molar-refractivity contribution >= 4 is 17.3 Å². The lowest BCUT2D eigenvalue weighted by molar-refractivity contribution is -0.322. The highest BCUT2D eigenvalue weighted by Gasteiger charge is 2.56. The second-order valence-electron chi connectivity index (χ2n) is 4.82. The first-order valence-electron chi connectivity index (χ1n) is 5.86. The van der Waals surface area contributed by atoms with Gasteiger partial charge >= 0.3 is 0 Å². The van der Waals surface area contributed by atoms with E-state index in [0.29, 0.717) is 0 Å². The van der Waals surface area contributed by atoms with Gasteiger partial charge in [0.25, 0.3) is 0 Å². The molecule has 18 heavy (non-hydrogen) atoms. The Morgan fingerprint density at radius 3 is 2.39 bits per heavy atom. The standard InChI is InChI=1S/C11H21NO5S/c1-5(2)11(16-6(3)18)10(12)9(15)8(14)7(4-13)17-11/h5,7-10,13-15H,4,12H2,1-3H3/t7-,8+,9+,10-,11?/m1/s1. The van der Waals surface area contributed by atoms with Gasteiger partial charge in [0.1, 0.15) is 18.3 Å². The van der Waals surface area contributed by atoms with Crippen LogP contribution >= 0.6 is 12.2 Å². The second-order valence-corrected chi connectivity index (χ2v) is 5.39. The molecule has 1 rings (SSSR count). The summed E-state index contributed by atoms with van der Waals surface area (Å²) in [6.45, 7) is 4.73. The van der Waals surface area contributed by atoms with Crippen LogP contribution in [0, 0.1) is 5.92 Å². The number of aliphatic hydroxyl groups is 3. The van der Waals surface area contributed by atoms with Gasteiger partial charge < -0.3 is 30.5 Å². The van der Waals surface area contributed by atoms with Gasteiger partial charge in [-0.2, -0.15) is 0 Å². The summed E-state index contributed by atoms with van der Waals surface area (Å²) in [5.41, 5.74) is 5.91. The van der Waals surface area contributed by atoms with Crippen LogP contribution in [-0.4, -0.2) is 57.1 Å². The van der Waals surface area contributed by atoms with Crippen LogP contribution < -0.4 is 5.73 Å². The van der Waals surface area contributed by atoms with Crippen molar-refractivity contribution in [2.24, 2.45) is 11.7 Å². The van der Waals surface area contributed by atoms with E-state index in [4.69, 9.17) is 27.4 Å². The Balaban J connectivity index is 3.11. The normalized spacial score (nSPS) is 40.9. The Morgan fingerprint density at radius 2 is 2.00 bits per heavy atom. The molecule has 0 spiro atoms. The van der Waals surface area contributed by atoms with Crippen molar-refractivity contribution in [1.29, 1.82) is 0 Å². The first-order chi connectivity index (χ1) is 8.26. The maximum absolute atomic E-state index is 9.96. The molecule has 0 aromatic heterocycles. The van der Waals surface area contributed by atoms with Crippen LogP contribution in [0.5, 0.6) is 0 Å². The lowest BCUT2D eigenvalue weighted by Gasteiger charge is -2.50. The SMILES string of the molecule is CC(=S)OC1(C(C)C)O[C@H](CO)[C@H](O)[C@H](O)[C@H]1N. The van der Waals surface area contributed by atoms with E-state index >= 15 is 0 Å². The third kappa shape index (κ3) is 2.66. The van der Waals surface area contributed by atoms with E-state index in [0.717, 1.165) is 0 Å². The van der Waals surface area contributed by atoms with E-state index in [-0.39, 0.29) is 11.0 Å². The summed E-state index contributed by atoms with van der Waals surface area (Å²) in [7, 11) is 0. The van der Waals surface area contributed by atoms with Crippen LogP contribution in [0.2, 0.25) is 0 Å². The van der Waals surface area contributed by atoms with Crippen LogP contribution in [-0.2, 0) is 9.47 Å². The largest absolute Gasteiger partial charge is 0.454 e. The molecular weight excluding hydrogens is 258 g/mol. The fraction of sp³-hybridized carbons (Fsp3) is 0.909. The number of thiocarbonyl (C=S) groups is 1. The van der Waals surface area contributed by atoms with Gasteiger partial charge in [0.05, 0.1) is 12.6 Å². The van der Waals surface area contributed by atoms with Gasteiger partial charge in [-0.3, -0.25) is 0 Å². The van der Waals surface area contributed by atoms with Gasteiger partial charge in [0, 0.05) is 12.8 Å². The summed E-state index contributed by atoms with van der Waals surface area (Å²) in [6.07, 6.45) is -3.48. The highest BCUT2D eigenvalue weighted by atomic mass is 32.1. The monoisotopic (exact) mass is 279 g/mol. The highest BCUT2D eigenvalue weighted by Crippen LogP contribution is 2.36. The van der Waals surface area contributed by atoms with Crippen LogP contribution in [0.1, 0.15) is 20.8 Å². The third-order valence-corrected chi connectivity index (χ3v) is 3.27. The Hall–Kier alpha value is -0.310. The Kier molecular flexibility index (Phi) is 5.05. The van der Waals surface area contributed by atoms with E-state index in [9.17, 15) is 15.3 Å². The fourth-order valence-electron chi connectivity index (χ4n) is 2.16. The molecule has 0 aromatic carbocycles. The Labute approximate surface area is 112 Å². The van der Waals surface area contributed by atoms with Crippen molar-refractivity contribution in [1.82, 2.24) is 0 Å². The number of hydrogen-bond donors (Lipinski definition) is 4. The molecule has 1 heterocycles.